The van der Waals surface area contributed by atoms with E-state index in [1.165, 1.54) is 0 Å². The monoisotopic (exact) mass is 370 g/mol. The molecule has 0 N–H and O–H groups in total. The number of aromatic nitrogens is 1. The predicted octanol–water partition coefficient (Wildman–Crippen LogP) is 3.62. The van der Waals surface area contributed by atoms with E-state index >= 15 is 0 Å². The average Bonchev–Trinajstić information content (AvgIpc) is 2.88. The second-order valence-corrected chi connectivity index (χ2v) is 7.40. The Morgan fingerprint density at radius 3 is 2.86 bits per heavy atom. The molecule has 0 radical (unpaired) electrons. The summed E-state index contributed by atoms with van der Waals surface area (Å²) in [6, 6.07) is 3.89. The van der Waals surface area contributed by atoms with Crippen LogP contribution in [0, 0.1) is 5.92 Å². The predicted molar refractivity (Wildman–Crippen MR) is 87.5 cm³/mol. The van der Waals surface area contributed by atoms with Gasteiger partial charge < -0.3 is 14.4 Å². The van der Waals surface area contributed by atoms with Crippen LogP contribution in [0.15, 0.2) is 22.9 Å². The number of carbonyl (C=O) groups excluding carboxylic acids is 1. The van der Waals surface area contributed by atoms with Crippen molar-refractivity contribution >= 4 is 22.0 Å². The molecule has 0 saturated carbocycles. The minimum absolute atomic E-state index is 0.230. The first-order valence-electron chi connectivity index (χ1n) is 7.49. The van der Waals surface area contributed by atoms with Crippen molar-refractivity contribution in [3.05, 3.63) is 28.5 Å². The summed E-state index contributed by atoms with van der Waals surface area (Å²) in [6.45, 7) is 8.28. The normalized spacial score (nSPS) is 18.5. The Labute approximate surface area is 140 Å². The van der Waals surface area contributed by atoms with E-state index in [2.05, 4.69) is 20.9 Å². The number of rotatable bonds is 4. The van der Waals surface area contributed by atoms with E-state index in [-0.39, 0.29) is 6.09 Å². The summed E-state index contributed by atoms with van der Waals surface area (Å²) in [6.07, 6.45) is 2.52. The van der Waals surface area contributed by atoms with Crippen molar-refractivity contribution in [3.8, 4) is 0 Å². The van der Waals surface area contributed by atoms with Crippen LogP contribution < -0.4 is 0 Å². The molecule has 5 nitrogen and oxygen atoms in total. The lowest BCUT2D eigenvalue weighted by Crippen LogP contribution is -2.35. The zero-order chi connectivity index (χ0) is 16.2. The average molecular weight is 371 g/mol. The number of halogens is 1. The lowest BCUT2D eigenvalue weighted by Gasteiger charge is -2.24. The molecule has 0 aromatic carbocycles. The van der Waals surface area contributed by atoms with Crippen LogP contribution in [0.2, 0.25) is 0 Å². The van der Waals surface area contributed by atoms with Crippen molar-refractivity contribution in [2.24, 2.45) is 5.92 Å². The van der Waals surface area contributed by atoms with Crippen LogP contribution >= 0.6 is 15.9 Å². The van der Waals surface area contributed by atoms with Crippen molar-refractivity contribution in [2.75, 3.05) is 19.7 Å². The number of amides is 1. The van der Waals surface area contributed by atoms with Crippen LogP contribution in [0.25, 0.3) is 0 Å². The Morgan fingerprint density at radius 1 is 1.45 bits per heavy atom. The highest BCUT2D eigenvalue weighted by atomic mass is 79.9. The maximum absolute atomic E-state index is 12.0. The van der Waals surface area contributed by atoms with Gasteiger partial charge in [0.25, 0.3) is 0 Å². The fraction of sp³-hybridized carbons (Fsp3) is 0.625. The third-order valence-corrected chi connectivity index (χ3v) is 3.82. The molecule has 1 amide bonds. The highest BCUT2D eigenvalue weighted by Gasteiger charge is 2.29. The summed E-state index contributed by atoms with van der Waals surface area (Å²) in [5.41, 5.74) is 0.602. The van der Waals surface area contributed by atoms with Gasteiger partial charge in [-0.15, -0.1) is 0 Å². The third-order valence-electron chi connectivity index (χ3n) is 3.35. The summed E-state index contributed by atoms with van der Waals surface area (Å²) in [4.78, 5) is 17.9. The molecule has 1 aliphatic heterocycles. The lowest BCUT2D eigenvalue weighted by atomic mass is 10.1. The van der Waals surface area contributed by atoms with Gasteiger partial charge in [0.1, 0.15) is 10.2 Å². The zero-order valence-corrected chi connectivity index (χ0v) is 14.9. The molecule has 1 fully saturated rings. The second kappa shape index (κ2) is 7.42. The van der Waals surface area contributed by atoms with Crippen molar-refractivity contribution in [1.29, 1.82) is 0 Å². The molecule has 2 heterocycles. The van der Waals surface area contributed by atoms with Crippen LogP contribution in [0.3, 0.4) is 0 Å². The highest BCUT2D eigenvalue weighted by Crippen LogP contribution is 2.20. The number of hydrogen-bond donors (Lipinski definition) is 0. The van der Waals surface area contributed by atoms with Crippen LogP contribution in [-0.4, -0.2) is 41.3 Å². The highest BCUT2D eigenvalue weighted by molar-refractivity contribution is 9.10. The molecule has 2 rings (SSSR count). The number of likely N-dealkylation sites (tertiary alicyclic amines) is 1. The fourth-order valence-corrected chi connectivity index (χ4v) is 2.53. The molecular weight excluding hydrogens is 348 g/mol. The maximum Gasteiger partial charge on any atom is 0.410 e. The van der Waals surface area contributed by atoms with Crippen molar-refractivity contribution < 1.29 is 14.3 Å². The third kappa shape index (κ3) is 5.57. The number of ether oxygens (including phenoxy) is 2. The van der Waals surface area contributed by atoms with Crippen LogP contribution in [0.5, 0.6) is 0 Å². The number of hydrogen-bond acceptors (Lipinski definition) is 4. The van der Waals surface area contributed by atoms with Gasteiger partial charge in [-0.3, -0.25) is 0 Å². The molecule has 0 bridgehead atoms. The number of nitrogens with zero attached hydrogens (tertiary/aromatic N) is 2. The van der Waals surface area contributed by atoms with Gasteiger partial charge in [0.05, 0.1) is 13.2 Å². The van der Waals surface area contributed by atoms with Gasteiger partial charge in [-0.25, -0.2) is 9.78 Å². The van der Waals surface area contributed by atoms with Gasteiger partial charge in [-0.1, -0.05) is 6.07 Å². The van der Waals surface area contributed by atoms with Gasteiger partial charge >= 0.3 is 6.09 Å². The molecule has 1 atom stereocenters. The van der Waals surface area contributed by atoms with Crippen LogP contribution in [-0.2, 0) is 16.1 Å². The summed E-state index contributed by atoms with van der Waals surface area (Å²) >= 11 is 3.31. The van der Waals surface area contributed by atoms with E-state index < -0.39 is 5.60 Å². The number of carbonyl (C=O) groups is 1. The number of pyridine rings is 1. The van der Waals surface area contributed by atoms with E-state index in [9.17, 15) is 4.79 Å². The maximum atomic E-state index is 12.0. The second-order valence-electron chi connectivity index (χ2n) is 6.59. The smallest absolute Gasteiger partial charge is 0.410 e. The van der Waals surface area contributed by atoms with E-state index in [0.717, 1.165) is 23.1 Å². The first kappa shape index (κ1) is 17.2. The van der Waals surface area contributed by atoms with Gasteiger partial charge in [0.2, 0.25) is 0 Å². The van der Waals surface area contributed by atoms with Gasteiger partial charge in [-0.05, 0) is 54.8 Å². The molecule has 1 unspecified atom stereocenters. The Hall–Kier alpha value is -1.14. The first-order chi connectivity index (χ1) is 10.3. The summed E-state index contributed by atoms with van der Waals surface area (Å²) in [5.74, 6) is 0.371. The molecule has 1 aromatic heterocycles. The minimum atomic E-state index is -0.444. The van der Waals surface area contributed by atoms with Crippen LogP contribution in [0.4, 0.5) is 4.79 Å². The minimum Gasteiger partial charge on any atom is -0.444 e. The summed E-state index contributed by atoms with van der Waals surface area (Å²) < 4.78 is 11.9. The first-order valence-corrected chi connectivity index (χ1v) is 8.29. The Kier molecular flexibility index (Phi) is 5.81. The molecule has 6 heteroatoms. The molecular formula is C16H23BrN2O3. The Balaban J connectivity index is 1.70. The van der Waals surface area contributed by atoms with Crippen LogP contribution in [0.1, 0.15) is 32.8 Å². The Morgan fingerprint density at radius 2 is 2.23 bits per heavy atom. The fourth-order valence-electron chi connectivity index (χ4n) is 2.30. The largest absolute Gasteiger partial charge is 0.444 e. The SMILES string of the molecule is CC(C)(C)OC(=O)N1CCC(COCc2ccc(Br)nc2)C1. The van der Waals surface area contributed by atoms with Gasteiger partial charge in [0, 0.05) is 25.2 Å². The molecule has 1 aromatic rings. The molecule has 0 spiro atoms. The zero-order valence-electron chi connectivity index (χ0n) is 13.3. The van der Waals surface area contributed by atoms with E-state index in [0.29, 0.717) is 25.7 Å². The van der Waals surface area contributed by atoms with Crippen molar-refractivity contribution in [3.63, 3.8) is 0 Å². The lowest BCUT2D eigenvalue weighted by molar-refractivity contribution is 0.0271. The van der Waals surface area contributed by atoms with E-state index in [4.69, 9.17) is 9.47 Å². The molecule has 1 saturated heterocycles. The summed E-state index contributed by atoms with van der Waals surface area (Å²) in [5, 5.41) is 0. The van der Waals surface area contributed by atoms with Gasteiger partial charge in [0.15, 0.2) is 0 Å². The van der Waals surface area contributed by atoms with Gasteiger partial charge in [-0.2, -0.15) is 0 Å². The molecule has 1 aliphatic rings. The molecule has 122 valence electrons. The van der Waals surface area contributed by atoms with E-state index in [1.807, 2.05) is 32.9 Å². The topological polar surface area (TPSA) is 51.7 Å². The molecule has 22 heavy (non-hydrogen) atoms. The van der Waals surface area contributed by atoms with Crippen molar-refractivity contribution in [2.45, 2.75) is 39.4 Å². The standard InChI is InChI=1S/C16H23BrN2O3/c1-16(2,3)22-15(20)19-7-6-13(9-19)11-21-10-12-4-5-14(17)18-8-12/h4-5,8,13H,6-7,9-11H2,1-3H3. The summed E-state index contributed by atoms with van der Waals surface area (Å²) in [7, 11) is 0. The van der Waals surface area contributed by atoms with Crippen molar-refractivity contribution in [1.82, 2.24) is 9.88 Å². The van der Waals surface area contributed by atoms with E-state index in [1.54, 1.807) is 11.1 Å². The Bertz CT molecular complexity index is 499. The molecule has 0 aliphatic carbocycles. The quantitative estimate of drug-likeness (QED) is 0.759.